The Hall–Kier alpha value is -5.40. The summed E-state index contributed by atoms with van der Waals surface area (Å²) in [5, 5.41) is 2.62. The second-order valence-electron chi connectivity index (χ2n) is 10.4. The predicted molar refractivity (Wildman–Crippen MR) is 167 cm³/mol. The Balaban J connectivity index is 1.70. The molecule has 5 aromatic rings. The van der Waals surface area contributed by atoms with Gasteiger partial charge in [-0.3, -0.25) is 14.5 Å². The molecule has 2 heterocycles. The van der Waals surface area contributed by atoms with Gasteiger partial charge in [0.25, 0.3) is 5.56 Å². The topological polar surface area (TPSA) is 119 Å². The van der Waals surface area contributed by atoms with Gasteiger partial charge < -0.3 is 14.6 Å². The second kappa shape index (κ2) is 14.1. The van der Waals surface area contributed by atoms with Crippen LogP contribution in [0, 0.1) is 11.6 Å². The number of esters is 1. The van der Waals surface area contributed by atoms with Crippen molar-refractivity contribution in [2.45, 2.75) is 26.6 Å². The van der Waals surface area contributed by atoms with Crippen molar-refractivity contribution in [3.8, 4) is 11.3 Å². The molecular formula is C33H32F2N6O5. The van der Waals surface area contributed by atoms with Crippen LogP contribution in [0.3, 0.4) is 0 Å². The lowest BCUT2D eigenvalue weighted by atomic mass is 10.1. The molecule has 0 atom stereocenters. The van der Waals surface area contributed by atoms with Crippen LogP contribution in [0.15, 0.2) is 83.8 Å². The van der Waals surface area contributed by atoms with Gasteiger partial charge in [0.15, 0.2) is 0 Å². The van der Waals surface area contributed by atoms with E-state index in [0.717, 1.165) is 17.7 Å². The number of amides is 2. The number of halogens is 2. The zero-order valence-corrected chi connectivity index (χ0v) is 25.4. The fraction of sp³-hybridized carbons (Fsp3) is 0.212. The largest absolute Gasteiger partial charge is 0.462 e. The molecule has 13 heteroatoms. The fourth-order valence-corrected chi connectivity index (χ4v) is 5.10. The molecule has 0 aliphatic rings. The van der Waals surface area contributed by atoms with E-state index >= 15 is 0 Å². The first-order valence-electron chi connectivity index (χ1n) is 14.4. The lowest BCUT2D eigenvalue weighted by molar-refractivity contribution is 0.0523. The molecule has 2 aromatic heterocycles. The quantitative estimate of drug-likeness (QED) is 0.156. The average Bonchev–Trinajstić information content (AvgIpc) is 3.40. The van der Waals surface area contributed by atoms with Gasteiger partial charge in [0.05, 0.1) is 31.6 Å². The highest BCUT2D eigenvalue weighted by molar-refractivity contribution is 5.89. The van der Waals surface area contributed by atoms with E-state index in [-0.39, 0.29) is 36.6 Å². The molecule has 0 radical (unpaired) electrons. The maximum Gasteiger partial charge on any atom is 0.345 e. The number of hydroxylamine groups is 1. The average molecular weight is 631 g/mol. The molecule has 0 spiro atoms. The van der Waals surface area contributed by atoms with Crippen molar-refractivity contribution in [3.05, 3.63) is 123 Å². The van der Waals surface area contributed by atoms with Gasteiger partial charge >= 0.3 is 12.0 Å². The third kappa shape index (κ3) is 6.95. The maximum absolute atomic E-state index is 14.8. The van der Waals surface area contributed by atoms with Gasteiger partial charge in [0, 0.05) is 36.1 Å². The zero-order chi connectivity index (χ0) is 32.8. The van der Waals surface area contributed by atoms with Crippen LogP contribution in [0.5, 0.6) is 0 Å². The Morgan fingerprint density at radius 1 is 0.957 bits per heavy atom. The number of anilines is 1. The molecule has 3 aromatic carbocycles. The number of benzene rings is 3. The number of nitrogens with one attached hydrogen (secondary N) is 2. The summed E-state index contributed by atoms with van der Waals surface area (Å²) in [6, 6.07) is 19.4. The highest BCUT2D eigenvalue weighted by Crippen LogP contribution is 2.28. The summed E-state index contributed by atoms with van der Waals surface area (Å²) in [6.07, 6.45) is 1.22. The minimum Gasteiger partial charge on any atom is -0.462 e. The summed E-state index contributed by atoms with van der Waals surface area (Å²) >= 11 is 0. The molecule has 0 saturated heterocycles. The highest BCUT2D eigenvalue weighted by atomic mass is 19.1. The molecular weight excluding hydrogens is 598 g/mol. The smallest absolute Gasteiger partial charge is 0.345 e. The number of carbonyl (C=O) groups is 2. The Bertz CT molecular complexity index is 1910. The molecule has 0 unspecified atom stereocenters. The van der Waals surface area contributed by atoms with E-state index in [4.69, 9.17) is 9.72 Å². The van der Waals surface area contributed by atoms with Crippen molar-refractivity contribution in [1.29, 1.82) is 0 Å². The van der Waals surface area contributed by atoms with E-state index < -0.39 is 29.2 Å². The summed E-state index contributed by atoms with van der Waals surface area (Å²) in [5.41, 5.74) is 3.82. The molecule has 11 nitrogen and oxygen atoms in total. The first kappa shape index (κ1) is 32.0. The van der Waals surface area contributed by atoms with Gasteiger partial charge in [-0.25, -0.2) is 33.2 Å². The van der Waals surface area contributed by atoms with Crippen LogP contribution in [0.1, 0.15) is 34.1 Å². The number of ether oxygens (including phenoxy) is 1. The molecule has 0 aliphatic carbocycles. The fourth-order valence-electron chi connectivity index (χ4n) is 5.10. The first-order valence-corrected chi connectivity index (χ1v) is 14.4. The van der Waals surface area contributed by atoms with Crippen LogP contribution in [-0.2, 0) is 29.2 Å². The van der Waals surface area contributed by atoms with Crippen LogP contribution in [0.25, 0.3) is 17.0 Å². The van der Waals surface area contributed by atoms with Gasteiger partial charge in [-0.1, -0.05) is 48.5 Å². The highest BCUT2D eigenvalue weighted by Gasteiger charge is 2.25. The normalized spacial score (nSPS) is 11.2. The number of carbonyl (C=O) groups excluding carboxylic acids is 2. The van der Waals surface area contributed by atoms with Crippen molar-refractivity contribution in [2.75, 3.05) is 26.1 Å². The van der Waals surface area contributed by atoms with Gasteiger partial charge in [-0.2, -0.15) is 0 Å². The molecule has 0 aliphatic heterocycles. The van der Waals surface area contributed by atoms with Crippen LogP contribution >= 0.6 is 0 Å². The summed E-state index contributed by atoms with van der Waals surface area (Å²) in [4.78, 5) is 50.3. The molecule has 2 amide bonds. The Morgan fingerprint density at radius 2 is 1.65 bits per heavy atom. The molecule has 5 rings (SSSR count). The van der Waals surface area contributed by atoms with E-state index in [9.17, 15) is 23.2 Å². The lowest BCUT2D eigenvalue weighted by Crippen LogP contribution is -2.29. The number of aromatic nitrogens is 3. The van der Waals surface area contributed by atoms with Crippen LogP contribution in [0.2, 0.25) is 0 Å². The number of rotatable bonds is 11. The molecule has 46 heavy (non-hydrogen) atoms. The predicted octanol–water partition coefficient (Wildman–Crippen LogP) is 4.98. The van der Waals surface area contributed by atoms with Gasteiger partial charge in [0.1, 0.15) is 17.2 Å². The maximum atomic E-state index is 14.8. The minimum atomic E-state index is -0.874. The summed E-state index contributed by atoms with van der Waals surface area (Å²) in [6.45, 7) is 2.00. The molecule has 0 bridgehead atoms. The van der Waals surface area contributed by atoms with E-state index in [2.05, 4.69) is 15.6 Å². The van der Waals surface area contributed by atoms with Crippen molar-refractivity contribution in [3.63, 3.8) is 0 Å². The van der Waals surface area contributed by atoms with E-state index in [1.165, 1.54) is 28.3 Å². The number of urea groups is 1. The summed E-state index contributed by atoms with van der Waals surface area (Å²) in [7, 11) is 3.19. The third-order valence-electron chi connectivity index (χ3n) is 7.14. The Morgan fingerprint density at radius 3 is 2.30 bits per heavy atom. The van der Waals surface area contributed by atoms with Gasteiger partial charge in [-0.15, -0.1) is 0 Å². The summed E-state index contributed by atoms with van der Waals surface area (Å²) in [5.74, 6) is -2.38. The molecule has 0 fully saturated rings. The van der Waals surface area contributed by atoms with Gasteiger partial charge in [0.2, 0.25) is 5.78 Å². The Labute approximate surface area is 263 Å². The lowest BCUT2D eigenvalue weighted by Gasteiger charge is -2.18. The van der Waals surface area contributed by atoms with Crippen LogP contribution in [-0.4, -0.2) is 51.6 Å². The number of fused-ring (bicyclic) bond motifs is 1. The third-order valence-corrected chi connectivity index (χ3v) is 7.14. The first-order chi connectivity index (χ1) is 22.2. The van der Waals surface area contributed by atoms with E-state index in [1.54, 1.807) is 31.2 Å². The number of nitrogens with zero attached hydrogens (tertiary/aromatic N) is 4. The minimum absolute atomic E-state index is 0.0168. The SMILES string of the molecule is CCOC(=O)c1cn(Cc2c(F)cccc2F)c2nc(-c3ccc(NC(=O)NOC)cc3)c(CN(C)Cc3ccccc3)n2c1=O. The van der Waals surface area contributed by atoms with Crippen molar-refractivity contribution >= 4 is 23.5 Å². The number of imidazole rings is 1. The molecule has 2 N–H and O–H groups in total. The molecule has 238 valence electrons. The van der Waals surface area contributed by atoms with Crippen molar-refractivity contribution in [2.24, 2.45) is 0 Å². The van der Waals surface area contributed by atoms with Crippen LogP contribution < -0.4 is 16.4 Å². The standard InChI is InChI=1S/C33H32F2N6O5/c1-4-46-31(43)25-19-40(18-24-26(34)11-8-12-27(24)35)33-37-29(22-13-15-23(16-14-22)36-32(44)38-45-3)28(41(33)30(25)42)20-39(2)17-21-9-6-5-7-10-21/h5-16,19H,4,17-18,20H2,1-3H3,(H2,36,38,44). The summed E-state index contributed by atoms with van der Waals surface area (Å²) < 4.78 is 37.5. The van der Waals surface area contributed by atoms with Crippen molar-refractivity contribution < 1.29 is 27.9 Å². The zero-order valence-electron chi connectivity index (χ0n) is 25.4. The second-order valence-corrected chi connectivity index (χ2v) is 10.4. The van der Waals surface area contributed by atoms with Crippen molar-refractivity contribution in [1.82, 2.24) is 24.3 Å². The van der Waals surface area contributed by atoms with E-state index in [1.807, 2.05) is 42.3 Å². The Kier molecular flexibility index (Phi) is 9.84. The molecule has 0 saturated carbocycles. The monoisotopic (exact) mass is 630 g/mol. The number of hydrogen-bond donors (Lipinski definition) is 2. The number of hydrogen-bond acceptors (Lipinski definition) is 7. The van der Waals surface area contributed by atoms with E-state index in [0.29, 0.717) is 29.2 Å². The van der Waals surface area contributed by atoms with Crippen LogP contribution in [0.4, 0.5) is 19.3 Å². The van der Waals surface area contributed by atoms with Gasteiger partial charge in [-0.05, 0) is 43.8 Å².